The topological polar surface area (TPSA) is 9.23 Å². The highest BCUT2D eigenvalue weighted by Crippen LogP contribution is 2.30. The van der Waals surface area contributed by atoms with Gasteiger partial charge in [-0.25, -0.2) is 4.39 Å². The van der Waals surface area contributed by atoms with Crippen LogP contribution in [0, 0.1) is 11.8 Å². The van der Waals surface area contributed by atoms with Crippen LogP contribution in [0.3, 0.4) is 0 Å². The summed E-state index contributed by atoms with van der Waals surface area (Å²) >= 11 is 0. The monoisotopic (exact) mass is 228 g/mol. The van der Waals surface area contributed by atoms with Gasteiger partial charge in [-0.2, -0.15) is 0 Å². The van der Waals surface area contributed by atoms with E-state index in [-0.39, 0.29) is 5.92 Å². The van der Waals surface area contributed by atoms with Crippen LogP contribution in [0.4, 0.5) is 4.39 Å². The van der Waals surface area contributed by atoms with Crippen LogP contribution in [0.25, 0.3) is 0 Å². The lowest BCUT2D eigenvalue weighted by atomic mass is 9.87. The summed E-state index contributed by atoms with van der Waals surface area (Å²) in [4.78, 5) is 0. The Balaban J connectivity index is 1.69. The normalized spacial score (nSPS) is 40.9. The van der Waals surface area contributed by atoms with Gasteiger partial charge in [0.25, 0.3) is 0 Å². The van der Waals surface area contributed by atoms with Crippen LogP contribution in [0.5, 0.6) is 0 Å². The molecule has 4 atom stereocenters. The molecule has 16 heavy (non-hydrogen) atoms. The molecule has 0 radical (unpaired) electrons. The summed E-state index contributed by atoms with van der Waals surface area (Å²) in [5, 5.41) is 0. The standard InChI is InChI=1S/C14H25FO/c1-11-5-4-7-13(9-11)16-10-12-6-2-3-8-14(12)15/h11-14H,2-10H2,1H3. The van der Waals surface area contributed by atoms with Crippen molar-refractivity contribution in [3.8, 4) is 0 Å². The van der Waals surface area contributed by atoms with Gasteiger partial charge in [-0.1, -0.05) is 32.6 Å². The first-order valence-electron chi connectivity index (χ1n) is 7.01. The van der Waals surface area contributed by atoms with E-state index in [1.54, 1.807) is 0 Å². The Kier molecular flexibility index (Phi) is 4.63. The minimum Gasteiger partial charge on any atom is -0.378 e. The van der Waals surface area contributed by atoms with Crippen LogP contribution in [0.2, 0.25) is 0 Å². The van der Waals surface area contributed by atoms with Gasteiger partial charge in [-0.05, 0) is 31.6 Å². The molecule has 0 aromatic carbocycles. The fourth-order valence-corrected chi connectivity index (χ4v) is 3.14. The van der Waals surface area contributed by atoms with E-state index >= 15 is 0 Å². The van der Waals surface area contributed by atoms with Crippen LogP contribution in [-0.4, -0.2) is 18.9 Å². The van der Waals surface area contributed by atoms with E-state index in [4.69, 9.17) is 4.74 Å². The van der Waals surface area contributed by atoms with Gasteiger partial charge in [0.15, 0.2) is 0 Å². The molecule has 0 aromatic rings. The predicted molar refractivity (Wildman–Crippen MR) is 64.2 cm³/mol. The highest BCUT2D eigenvalue weighted by Gasteiger charge is 2.27. The highest BCUT2D eigenvalue weighted by molar-refractivity contribution is 4.76. The SMILES string of the molecule is CC1CCCC(OCC2CCCCC2F)C1. The van der Waals surface area contributed by atoms with Crippen molar-refractivity contribution in [2.75, 3.05) is 6.61 Å². The van der Waals surface area contributed by atoms with E-state index in [0.717, 1.165) is 25.2 Å². The Hall–Kier alpha value is -0.110. The summed E-state index contributed by atoms with van der Waals surface area (Å²) in [6.07, 6.45) is 8.86. The number of ether oxygens (including phenoxy) is 1. The fourth-order valence-electron chi connectivity index (χ4n) is 3.14. The molecule has 0 saturated heterocycles. The van der Waals surface area contributed by atoms with Crippen LogP contribution < -0.4 is 0 Å². The van der Waals surface area contributed by atoms with Crippen molar-refractivity contribution in [1.82, 2.24) is 0 Å². The maximum Gasteiger partial charge on any atom is 0.105 e. The van der Waals surface area contributed by atoms with Crippen LogP contribution in [-0.2, 0) is 4.74 Å². The maximum absolute atomic E-state index is 13.6. The molecule has 94 valence electrons. The lowest BCUT2D eigenvalue weighted by Gasteiger charge is -2.31. The second-order valence-corrected chi connectivity index (χ2v) is 5.79. The zero-order chi connectivity index (χ0) is 11.4. The Labute approximate surface area is 98.8 Å². The first-order chi connectivity index (χ1) is 7.75. The van der Waals surface area contributed by atoms with Crippen LogP contribution in [0.1, 0.15) is 58.3 Å². The summed E-state index contributed by atoms with van der Waals surface area (Å²) in [6.45, 7) is 2.96. The molecule has 2 aliphatic carbocycles. The van der Waals surface area contributed by atoms with Gasteiger partial charge in [0.2, 0.25) is 0 Å². The predicted octanol–water partition coefficient (Wildman–Crippen LogP) is 4.11. The minimum absolute atomic E-state index is 0.186. The largest absolute Gasteiger partial charge is 0.378 e. The Morgan fingerprint density at radius 3 is 2.62 bits per heavy atom. The van der Waals surface area contributed by atoms with Crippen molar-refractivity contribution < 1.29 is 9.13 Å². The van der Waals surface area contributed by atoms with Gasteiger partial charge >= 0.3 is 0 Å². The van der Waals surface area contributed by atoms with Crippen molar-refractivity contribution in [2.45, 2.75) is 70.6 Å². The molecule has 4 unspecified atom stereocenters. The first kappa shape index (κ1) is 12.3. The lowest BCUT2D eigenvalue weighted by Crippen LogP contribution is -2.29. The molecule has 0 bridgehead atoms. The molecular weight excluding hydrogens is 203 g/mol. The molecule has 2 heteroatoms. The van der Waals surface area contributed by atoms with Gasteiger partial charge in [0.05, 0.1) is 12.7 Å². The molecule has 0 aliphatic heterocycles. The zero-order valence-electron chi connectivity index (χ0n) is 10.5. The molecule has 0 heterocycles. The van der Waals surface area contributed by atoms with Crippen molar-refractivity contribution in [1.29, 1.82) is 0 Å². The third kappa shape index (κ3) is 3.44. The van der Waals surface area contributed by atoms with Gasteiger partial charge < -0.3 is 4.74 Å². The van der Waals surface area contributed by atoms with E-state index in [2.05, 4.69) is 6.92 Å². The second-order valence-electron chi connectivity index (χ2n) is 5.79. The van der Waals surface area contributed by atoms with E-state index in [9.17, 15) is 4.39 Å². The fraction of sp³-hybridized carbons (Fsp3) is 1.00. The molecule has 2 rings (SSSR count). The average molecular weight is 228 g/mol. The third-order valence-electron chi connectivity index (χ3n) is 4.25. The smallest absolute Gasteiger partial charge is 0.105 e. The van der Waals surface area contributed by atoms with Gasteiger partial charge in [0.1, 0.15) is 6.17 Å². The minimum atomic E-state index is -0.602. The molecule has 0 N–H and O–H groups in total. The van der Waals surface area contributed by atoms with Gasteiger partial charge in [-0.15, -0.1) is 0 Å². The molecule has 2 saturated carbocycles. The summed E-state index contributed by atoms with van der Waals surface area (Å²) in [6, 6.07) is 0. The molecule has 2 aliphatic rings. The maximum atomic E-state index is 13.6. The number of rotatable bonds is 3. The number of alkyl halides is 1. The highest BCUT2D eigenvalue weighted by atomic mass is 19.1. The van der Waals surface area contributed by atoms with Gasteiger partial charge in [0, 0.05) is 5.92 Å². The van der Waals surface area contributed by atoms with E-state index in [1.807, 2.05) is 0 Å². The van der Waals surface area contributed by atoms with E-state index in [0.29, 0.717) is 12.7 Å². The molecule has 2 fully saturated rings. The Bertz CT molecular complexity index is 207. The average Bonchev–Trinajstić information content (AvgIpc) is 2.28. The number of hydrogen-bond donors (Lipinski definition) is 0. The lowest BCUT2D eigenvalue weighted by molar-refractivity contribution is -0.0258. The third-order valence-corrected chi connectivity index (χ3v) is 4.25. The molecule has 0 amide bonds. The van der Waals surface area contributed by atoms with Crippen molar-refractivity contribution >= 4 is 0 Å². The quantitative estimate of drug-likeness (QED) is 0.706. The molecule has 1 nitrogen and oxygen atoms in total. The second kappa shape index (κ2) is 6.00. The summed E-state index contributed by atoms with van der Waals surface area (Å²) < 4.78 is 19.5. The van der Waals surface area contributed by atoms with Crippen LogP contribution in [0.15, 0.2) is 0 Å². The summed E-state index contributed by atoms with van der Waals surface area (Å²) in [7, 11) is 0. The van der Waals surface area contributed by atoms with Crippen LogP contribution >= 0.6 is 0 Å². The van der Waals surface area contributed by atoms with Crippen molar-refractivity contribution in [2.24, 2.45) is 11.8 Å². The van der Waals surface area contributed by atoms with E-state index < -0.39 is 6.17 Å². The Morgan fingerprint density at radius 1 is 1.06 bits per heavy atom. The Morgan fingerprint density at radius 2 is 1.88 bits per heavy atom. The van der Waals surface area contributed by atoms with Crippen molar-refractivity contribution in [3.05, 3.63) is 0 Å². The zero-order valence-corrected chi connectivity index (χ0v) is 10.5. The molecular formula is C14H25FO. The summed E-state index contributed by atoms with van der Waals surface area (Å²) in [5.74, 6) is 0.984. The molecule has 0 spiro atoms. The van der Waals surface area contributed by atoms with Crippen molar-refractivity contribution in [3.63, 3.8) is 0 Å². The first-order valence-corrected chi connectivity index (χ1v) is 7.01. The van der Waals surface area contributed by atoms with Gasteiger partial charge in [-0.3, -0.25) is 0 Å². The van der Waals surface area contributed by atoms with E-state index in [1.165, 1.54) is 32.1 Å². The summed E-state index contributed by atoms with van der Waals surface area (Å²) in [5.41, 5.74) is 0. The molecule has 0 aromatic heterocycles. The number of halogens is 1. The number of hydrogen-bond acceptors (Lipinski definition) is 1.